The molecule has 0 aliphatic carbocycles. The zero-order chi connectivity index (χ0) is 23.7. The predicted molar refractivity (Wildman–Crippen MR) is 135 cm³/mol. The van der Waals surface area contributed by atoms with Crippen LogP contribution in [0.3, 0.4) is 0 Å². The van der Waals surface area contributed by atoms with Gasteiger partial charge in [0, 0.05) is 37.6 Å². The molecule has 4 aromatic rings. The van der Waals surface area contributed by atoms with Gasteiger partial charge < -0.3 is 9.80 Å². The SMILES string of the molecule is CCc1nc(N2CCCN(C(=O)c3ccccc3Cl)CC2)c2cnn(-c3cccc(Cl)c3)c2n1. The highest BCUT2D eigenvalue weighted by Gasteiger charge is 2.24. The maximum atomic E-state index is 13.1. The fraction of sp³-hybridized carbons (Fsp3) is 0.280. The van der Waals surface area contributed by atoms with Crippen LogP contribution in [0.1, 0.15) is 29.5 Å². The second-order valence-corrected chi connectivity index (χ2v) is 9.05. The number of benzene rings is 2. The van der Waals surface area contributed by atoms with Crippen LogP contribution in [-0.4, -0.2) is 56.7 Å². The Morgan fingerprint density at radius 3 is 2.65 bits per heavy atom. The molecule has 0 radical (unpaired) electrons. The summed E-state index contributed by atoms with van der Waals surface area (Å²) in [6.07, 6.45) is 3.34. The zero-order valence-electron chi connectivity index (χ0n) is 18.8. The number of hydrogen-bond acceptors (Lipinski definition) is 5. The van der Waals surface area contributed by atoms with Crippen LogP contribution >= 0.6 is 23.2 Å². The van der Waals surface area contributed by atoms with Crippen LogP contribution in [0.5, 0.6) is 0 Å². The third kappa shape index (κ3) is 4.33. The fourth-order valence-corrected chi connectivity index (χ4v) is 4.67. The minimum absolute atomic E-state index is 0.0386. The van der Waals surface area contributed by atoms with Crippen molar-refractivity contribution in [1.29, 1.82) is 0 Å². The molecule has 0 N–H and O–H groups in total. The first kappa shape index (κ1) is 22.6. The van der Waals surface area contributed by atoms with Crippen molar-refractivity contribution in [3.05, 3.63) is 76.2 Å². The second-order valence-electron chi connectivity index (χ2n) is 8.20. The molecular weight excluding hydrogens is 471 g/mol. The number of aryl methyl sites for hydroxylation is 1. The van der Waals surface area contributed by atoms with Crippen molar-refractivity contribution in [2.24, 2.45) is 0 Å². The molecule has 1 fully saturated rings. The predicted octanol–water partition coefficient (Wildman–Crippen LogP) is 5.04. The molecule has 2 aromatic carbocycles. The monoisotopic (exact) mass is 494 g/mol. The van der Waals surface area contributed by atoms with Crippen molar-refractivity contribution in [1.82, 2.24) is 24.6 Å². The summed E-state index contributed by atoms with van der Waals surface area (Å²) >= 11 is 12.5. The normalized spacial score (nSPS) is 14.4. The third-order valence-corrected chi connectivity index (χ3v) is 6.58. The Morgan fingerprint density at radius 2 is 1.85 bits per heavy atom. The summed E-state index contributed by atoms with van der Waals surface area (Å²) in [4.78, 5) is 26.8. The Labute approximate surface area is 207 Å². The summed E-state index contributed by atoms with van der Waals surface area (Å²) in [7, 11) is 0. The van der Waals surface area contributed by atoms with Gasteiger partial charge in [-0.1, -0.05) is 48.3 Å². The molecule has 1 amide bonds. The number of nitrogens with zero attached hydrogens (tertiary/aromatic N) is 6. The Hall–Kier alpha value is -3.16. The molecule has 1 saturated heterocycles. The summed E-state index contributed by atoms with van der Waals surface area (Å²) in [6, 6.07) is 14.7. The van der Waals surface area contributed by atoms with Gasteiger partial charge in [-0.3, -0.25) is 4.79 Å². The lowest BCUT2D eigenvalue weighted by Gasteiger charge is -2.24. The van der Waals surface area contributed by atoms with Gasteiger partial charge in [0.25, 0.3) is 5.91 Å². The Morgan fingerprint density at radius 1 is 1.00 bits per heavy atom. The van der Waals surface area contributed by atoms with Gasteiger partial charge >= 0.3 is 0 Å². The lowest BCUT2D eigenvalue weighted by molar-refractivity contribution is 0.0767. The van der Waals surface area contributed by atoms with Gasteiger partial charge in [-0.25, -0.2) is 14.6 Å². The number of carbonyl (C=O) groups is 1. The number of amides is 1. The first-order chi connectivity index (χ1) is 16.5. The van der Waals surface area contributed by atoms with Crippen molar-refractivity contribution in [3.8, 4) is 5.69 Å². The van der Waals surface area contributed by atoms with E-state index in [0.29, 0.717) is 41.7 Å². The largest absolute Gasteiger partial charge is 0.354 e. The minimum atomic E-state index is -0.0386. The van der Waals surface area contributed by atoms with E-state index in [-0.39, 0.29) is 5.91 Å². The molecule has 0 spiro atoms. The topological polar surface area (TPSA) is 67.2 Å². The minimum Gasteiger partial charge on any atom is -0.354 e. The molecule has 9 heteroatoms. The number of fused-ring (bicyclic) bond motifs is 1. The van der Waals surface area contributed by atoms with Crippen LogP contribution in [0.4, 0.5) is 5.82 Å². The second kappa shape index (κ2) is 9.60. The smallest absolute Gasteiger partial charge is 0.255 e. The van der Waals surface area contributed by atoms with E-state index in [4.69, 9.17) is 33.2 Å². The van der Waals surface area contributed by atoms with Crippen molar-refractivity contribution in [3.63, 3.8) is 0 Å². The standard InChI is InChI=1S/C25H24Cl2N6O/c1-2-22-29-23(20-16-28-33(24(20)30-22)18-8-5-7-17(26)15-18)31-11-6-12-32(14-13-31)25(34)19-9-3-4-10-21(19)27/h3-5,7-10,15-16H,2,6,11-14H2,1H3. The van der Waals surface area contributed by atoms with Gasteiger partial charge in [0.15, 0.2) is 5.65 Å². The fourth-order valence-electron chi connectivity index (χ4n) is 4.27. The van der Waals surface area contributed by atoms with Crippen LogP contribution in [0.2, 0.25) is 10.0 Å². The molecule has 1 aliphatic heterocycles. The van der Waals surface area contributed by atoms with Gasteiger partial charge in [0.2, 0.25) is 0 Å². The van der Waals surface area contributed by atoms with Crippen LogP contribution < -0.4 is 4.90 Å². The van der Waals surface area contributed by atoms with Crippen molar-refractivity contribution >= 4 is 46.0 Å². The molecule has 2 aromatic heterocycles. The van der Waals surface area contributed by atoms with E-state index in [2.05, 4.69) is 10.00 Å². The van der Waals surface area contributed by atoms with Gasteiger partial charge in [-0.15, -0.1) is 0 Å². The third-order valence-electron chi connectivity index (χ3n) is 6.01. The Kier molecular flexibility index (Phi) is 6.39. The van der Waals surface area contributed by atoms with Gasteiger partial charge in [-0.05, 0) is 36.8 Å². The number of halogens is 2. The first-order valence-electron chi connectivity index (χ1n) is 11.3. The Balaban J connectivity index is 1.46. The van der Waals surface area contributed by atoms with Crippen LogP contribution in [-0.2, 0) is 6.42 Å². The average Bonchev–Trinajstić information content (AvgIpc) is 3.12. The quantitative estimate of drug-likeness (QED) is 0.397. The van der Waals surface area contributed by atoms with E-state index in [1.165, 1.54) is 0 Å². The molecule has 7 nitrogen and oxygen atoms in total. The average molecular weight is 495 g/mol. The van der Waals surface area contributed by atoms with Crippen LogP contribution in [0.25, 0.3) is 16.7 Å². The maximum absolute atomic E-state index is 13.1. The van der Waals surface area contributed by atoms with E-state index in [9.17, 15) is 4.79 Å². The van der Waals surface area contributed by atoms with Crippen LogP contribution in [0.15, 0.2) is 54.7 Å². The number of hydrogen-bond donors (Lipinski definition) is 0. The Bertz CT molecular complexity index is 1350. The van der Waals surface area contributed by atoms with Crippen molar-refractivity contribution in [2.75, 3.05) is 31.1 Å². The van der Waals surface area contributed by atoms with Gasteiger partial charge in [0.1, 0.15) is 11.6 Å². The van der Waals surface area contributed by atoms with Gasteiger partial charge in [-0.2, -0.15) is 5.10 Å². The highest BCUT2D eigenvalue weighted by atomic mass is 35.5. The lowest BCUT2D eigenvalue weighted by Crippen LogP contribution is -2.35. The molecule has 0 atom stereocenters. The molecular formula is C25H24Cl2N6O. The number of carbonyl (C=O) groups excluding carboxylic acids is 1. The molecule has 0 unspecified atom stereocenters. The first-order valence-corrected chi connectivity index (χ1v) is 12.1. The zero-order valence-corrected chi connectivity index (χ0v) is 20.3. The highest BCUT2D eigenvalue weighted by molar-refractivity contribution is 6.33. The van der Waals surface area contributed by atoms with E-state index >= 15 is 0 Å². The highest BCUT2D eigenvalue weighted by Crippen LogP contribution is 2.28. The molecule has 174 valence electrons. The molecule has 1 aliphatic rings. The summed E-state index contributed by atoms with van der Waals surface area (Å²) in [5.74, 6) is 1.56. The lowest BCUT2D eigenvalue weighted by atomic mass is 10.2. The molecule has 0 saturated carbocycles. The van der Waals surface area contributed by atoms with E-state index in [1.807, 2.05) is 54.4 Å². The van der Waals surface area contributed by atoms with Gasteiger partial charge in [0.05, 0.1) is 27.9 Å². The summed E-state index contributed by atoms with van der Waals surface area (Å²) in [5, 5.41) is 6.60. The van der Waals surface area contributed by atoms with E-state index in [1.54, 1.807) is 16.8 Å². The van der Waals surface area contributed by atoms with E-state index in [0.717, 1.165) is 41.3 Å². The van der Waals surface area contributed by atoms with Crippen molar-refractivity contribution in [2.45, 2.75) is 19.8 Å². The molecule has 3 heterocycles. The summed E-state index contributed by atoms with van der Waals surface area (Å²) in [6.45, 7) is 4.73. The number of aromatic nitrogens is 4. The number of rotatable bonds is 4. The molecule has 5 rings (SSSR count). The van der Waals surface area contributed by atoms with Crippen molar-refractivity contribution < 1.29 is 4.79 Å². The van der Waals surface area contributed by atoms with E-state index < -0.39 is 0 Å². The summed E-state index contributed by atoms with van der Waals surface area (Å²) < 4.78 is 1.80. The summed E-state index contributed by atoms with van der Waals surface area (Å²) in [5.41, 5.74) is 2.14. The maximum Gasteiger partial charge on any atom is 0.255 e. The number of anilines is 1. The molecule has 0 bridgehead atoms. The molecule has 34 heavy (non-hydrogen) atoms. The van der Waals surface area contributed by atoms with Crippen LogP contribution in [0, 0.1) is 0 Å².